The lowest BCUT2D eigenvalue weighted by Gasteiger charge is -2.12. The van der Waals surface area contributed by atoms with Gasteiger partial charge in [0.05, 0.1) is 10.6 Å². The van der Waals surface area contributed by atoms with Crippen LogP contribution in [-0.2, 0) is 21.7 Å². The van der Waals surface area contributed by atoms with E-state index in [0.29, 0.717) is 18.0 Å². The monoisotopic (exact) mass is 369 g/mol. The van der Waals surface area contributed by atoms with E-state index in [1.807, 2.05) is 0 Å². The molecule has 1 fully saturated rings. The van der Waals surface area contributed by atoms with Crippen molar-refractivity contribution < 1.29 is 13.2 Å². The van der Waals surface area contributed by atoms with E-state index in [-0.39, 0.29) is 22.0 Å². The molecule has 0 radical (unpaired) electrons. The van der Waals surface area contributed by atoms with Gasteiger partial charge >= 0.3 is 0 Å². The first-order valence-electron chi connectivity index (χ1n) is 9.16. The average molecular weight is 369 g/mol. The van der Waals surface area contributed by atoms with Gasteiger partial charge in [-0.2, -0.15) is 0 Å². The second-order valence-electron chi connectivity index (χ2n) is 7.35. The fourth-order valence-corrected chi connectivity index (χ4v) is 5.18. The van der Waals surface area contributed by atoms with E-state index in [1.165, 1.54) is 29.7 Å². The highest BCUT2D eigenvalue weighted by molar-refractivity contribution is 7.91. The number of fused-ring (bicyclic) bond motifs is 2. The summed E-state index contributed by atoms with van der Waals surface area (Å²) in [5.74, 6) is 0.415. The standard InChI is InChI=1S/C21H23NO3S/c1-2-26(24,25)18-9-7-16(8-10-18)20(23)22-14-17-13-21(17)12-11-15-5-3-4-6-19(15)21/h3-10,17H,2,11-14H2,1H3,(H,22,23)/t17-,21-/m0/s1. The zero-order chi connectivity index (χ0) is 18.4. The molecule has 2 aliphatic carbocycles. The van der Waals surface area contributed by atoms with Gasteiger partial charge < -0.3 is 5.32 Å². The van der Waals surface area contributed by atoms with Crippen LogP contribution in [0.3, 0.4) is 0 Å². The predicted octanol–water partition coefficient (Wildman–Crippen LogP) is 3.11. The fourth-order valence-electron chi connectivity index (χ4n) is 4.30. The Hall–Kier alpha value is -2.14. The number of carbonyl (C=O) groups is 1. The van der Waals surface area contributed by atoms with Crippen LogP contribution in [0.2, 0.25) is 0 Å². The van der Waals surface area contributed by atoms with E-state index in [2.05, 4.69) is 29.6 Å². The maximum absolute atomic E-state index is 12.4. The molecular weight excluding hydrogens is 346 g/mol. The molecule has 2 aliphatic rings. The Kier molecular flexibility index (Phi) is 4.14. The Morgan fingerprint density at radius 3 is 2.62 bits per heavy atom. The normalized spacial score (nSPS) is 23.7. The summed E-state index contributed by atoms with van der Waals surface area (Å²) in [6.45, 7) is 2.28. The molecule has 0 aromatic heterocycles. The molecule has 0 bridgehead atoms. The zero-order valence-corrected chi connectivity index (χ0v) is 15.7. The number of aryl methyl sites for hydroxylation is 1. The number of nitrogens with one attached hydrogen (secondary N) is 1. The van der Waals surface area contributed by atoms with Crippen LogP contribution in [0.25, 0.3) is 0 Å². The molecule has 26 heavy (non-hydrogen) atoms. The lowest BCUT2D eigenvalue weighted by atomic mass is 9.95. The van der Waals surface area contributed by atoms with Crippen LogP contribution in [0, 0.1) is 5.92 Å². The van der Waals surface area contributed by atoms with Crippen LogP contribution in [0.4, 0.5) is 0 Å². The SMILES string of the molecule is CCS(=O)(=O)c1ccc(C(=O)NC[C@@H]2C[C@@]23CCc2ccccc23)cc1. The highest BCUT2D eigenvalue weighted by Gasteiger charge is 2.57. The number of rotatable bonds is 5. The Balaban J connectivity index is 1.39. The third kappa shape index (κ3) is 2.84. The Labute approximate surface area is 154 Å². The van der Waals surface area contributed by atoms with Crippen LogP contribution >= 0.6 is 0 Å². The van der Waals surface area contributed by atoms with Crippen molar-refractivity contribution >= 4 is 15.7 Å². The third-order valence-electron chi connectivity index (χ3n) is 5.99. The number of hydrogen-bond donors (Lipinski definition) is 1. The number of benzene rings is 2. The van der Waals surface area contributed by atoms with Crippen molar-refractivity contribution in [1.29, 1.82) is 0 Å². The van der Waals surface area contributed by atoms with Gasteiger partial charge in [-0.25, -0.2) is 8.42 Å². The minimum atomic E-state index is -3.23. The first-order chi connectivity index (χ1) is 12.5. The molecular formula is C21H23NO3S. The van der Waals surface area contributed by atoms with Crippen LogP contribution in [0.5, 0.6) is 0 Å². The first-order valence-corrected chi connectivity index (χ1v) is 10.8. The molecule has 4 rings (SSSR count). The Morgan fingerprint density at radius 2 is 1.88 bits per heavy atom. The van der Waals surface area contributed by atoms with Crippen molar-refractivity contribution in [2.45, 2.75) is 36.5 Å². The molecule has 2 atom stereocenters. The lowest BCUT2D eigenvalue weighted by molar-refractivity contribution is 0.0951. The molecule has 0 saturated heterocycles. The fraction of sp³-hybridized carbons (Fsp3) is 0.381. The third-order valence-corrected chi connectivity index (χ3v) is 7.74. The van der Waals surface area contributed by atoms with Crippen LogP contribution in [0.15, 0.2) is 53.4 Å². The van der Waals surface area contributed by atoms with Crippen molar-refractivity contribution in [1.82, 2.24) is 5.32 Å². The smallest absolute Gasteiger partial charge is 0.251 e. The Morgan fingerprint density at radius 1 is 1.15 bits per heavy atom. The van der Waals surface area contributed by atoms with E-state index in [9.17, 15) is 13.2 Å². The minimum absolute atomic E-state index is 0.0593. The highest BCUT2D eigenvalue weighted by Crippen LogP contribution is 2.61. The van der Waals surface area contributed by atoms with Crippen molar-refractivity contribution in [2.24, 2.45) is 5.92 Å². The quantitative estimate of drug-likeness (QED) is 0.881. The molecule has 4 nitrogen and oxygen atoms in total. The minimum Gasteiger partial charge on any atom is -0.352 e. The number of sulfone groups is 1. The van der Waals surface area contributed by atoms with Crippen molar-refractivity contribution in [3.63, 3.8) is 0 Å². The van der Waals surface area contributed by atoms with E-state index < -0.39 is 9.84 Å². The summed E-state index contributed by atoms with van der Waals surface area (Å²) < 4.78 is 23.7. The molecule has 1 spiro atoms. The van der Waals surface area contributed by atoms with Gasteiger partial charge in [0.1, 0.15) is 0 Å². The summed E-state index contributed by atoms with van der Waals surface area (Å²) in [4.78, 5) is 12.7. The van der Waals surface area contributed by atoms with E-state index >= 15 is 0 Å². The van der Waals surface area contributed by atoms with Gasteiger partial charge in [0.2, 0.25) is 0 Å². The molecule has 1 saturated carbocycles. The predicted molar refractivity (Wildman–Crippen MR) is 101 cm³/mol. The van der Waals surface area contributed by atoms with E-state index in [0.717, 1.165) is 12.8 Å². The summed E-state index contributed by atoms with van der Waals surface area (Å²) in [5, 5.41) is 3.03. The molecule has 0 aliphatic heterocycles. The van der Waals surface area contributed by atoms with Gasteiger partial charge in [-0.3, -0.25) is 4.79 Å². The molecule has 0 heterocycles. The van der Waals surface area contributed by atoms with E-state index in [1.54, 1.807) is 19.1 Å². The summed E-state index contributed by atoms with van der Waals surface area (Å²) in [5.41, 5.74) is 3.69. The second kappa shape index (κ2) is 6.23. The summed E-state index contributed by atoms with van der Waals surface area (Å²) in [6, 6.07) is 14.8. The summed E-state index contributed by atoms with van der Waals surface area (Å²) in [7, 11) is -3.23. The highest BCUT2D eigenvalue weighted by atomic mass is 32.2. The van der Waals surface area contributed by atoms with Gasteiger partial charge in [0.25, 0.3) is 5.91 Å². The van der Waals surface area contributed by atoms with Gasteiger partial charge in [-0.05, 0) is 60.6 Å². The second-order valence-corrected chi connectivity index (χ2v) is 9.63. The molecule has 136 valence electrons. The van der Waals surface area contributed by atoms with E-state index in [4.69, 9.17) is 0 Å². The molecule has 1 amide bonds. The van der Waals surface area contributed by atoms with Gasteiger partial charge in [0, 0.05) is 17.5 Å². The zero-order valence-electron chi connectivity index (χ0n) is 14.9. The van der Waals surface area contributed by atoms with Gasteiger partial charge in [-0.1, -0.05) is 31.2 Å². The maximum Gasteiger partial charge on any atom is 0.251 e. The average Bonchev–Trinajstić information content (AvgIpc) is 3.26. The lowest BCUT2D eigenvalue weighted by Crippen LogP contribution is -2.27. The molecule has 1 N–H and O–H groups in total. The van der Waals surface area contributed by atoms with Gasteiger partial charge in [0.15, 0.2) is 9.84 Å². The van der Waals surface area contributed by atoms with Crippen LogP contribution < -0.4 is 5.32 Å². The summed E-state index contributed by atoms with van der Waals surface area (Å²) in [6.07, 6.45) is 3.45. The number of amides is 1. The van der Waals surface area contributed by atoms with Crippen LogP contribution in [0.1, 0.15) is 41.3 Å². The Bertz CT molecular complexity index is 949. The van der Waals surface area contributed by atoms with Gasteiger partial charge in [-0.15, -0.1) is 0 Å². The first kappa shape index (κ1) is 17.3. The maximum atomic E-state index is 12.4. The summed E-state index contributed by atoms with van der Waals surface area (Å²) >= 11 is 0. The number of hydrogen-bond acceptors (Lipinski definition) is 3. The van der Waals surface area contributed by atoms with Crippen LogP contribution in [-0.4, -0.2) is 26.6 Å². The largest absolute Gasteiger partial charge is 0.352 e. The van der Waals surface area contributed by atoms with Crippen molar-refractivity contribution in [3.8, 4) is 0 Å². The topological polar surface area (TPSA) is 63.2 Å². The van der Waals surface area contributed by atoms with Crippen molar-refractivity contribution in [3.05, 3.63) is 65.2 Å². The molecule has 5 heteroatoms. The molecule has 2 aromatic rings. The number of carbonyl (C=O) groups excluding carboxylic acids is 1. The molecule has 2 aromatic carbocycles. The van der Waals surface area contributed by atoms with Crippen molar-refractivity contribution in [2.75, 3.05) is 12.3 Å². The molecule has 0 unspecified atom stereocenters.